The molecule has 2 saturated heterocycles. The van der Waals surface area contributed by atoms with Crippen LogP contribution in [0.15, 0.2) is 24.3 Å². The van der Waals surface area contributed by atoms with Crippen LogP contribution in [-0.4, -0.2) is 142 Å². The third-order valence-electron chi connectivity index (χ3n) is 9.24. The van der Waals surface area contributed by atoms with Crippen molar-refractivity contribution >= 4 is 11.9 Å². The highest BCUT2D eigenvalue weighted by Crippen LogP contribution is 2.26. The van der Waals surface area contributed by atoms with E-state index >= 15 is 0 Å². The number of esters is 2. The van der Waals surface area contributed by atoms with Gasteiger partial charge >= 0.3 is 11.9 Å². The Hall–Kier alpha value is -2.02. The Kier molecular flexibility index (Phi) is 24.5. The first kappa shape index (κ1) is 47.1. The van der Waals surface area contributed by atoms with Crippen LogP contribution in [0.3, 0.4) is 0 Å². The van der Waals surface area contributed by atoms with Crippen LogP contribution < -0.4 is 0 Å². The highest BCUT2D eigenvalue weighted by molar-refractivity contribution is 5.70. The minimum Gasteiger partial charge on any atom is -0.462 e. The molecule has 0 bridgehead atoms. The molecule has 0 aliphatic carbocycles. The van der Waals surface area contributed by atoms with Crippen molar-refractivity contribution in [1.82, 2.24) is 0 Å². The van der Waals surface area contributed by atoms with Crippen LogP contribution in [0.25, 0.3) is 0 Å². The lowest BCUT2D eigenvalue weighted by Gasteiger charge is -2.42. The second-order valence-electron chi connectivity index (χ2n) is 13.7. The summed E-state index contributed by atoms with van der Waals surface area (Å²) in [5, 5.41) is 71.1. The molecule has 15 heteroatoms. The molecule has 2 aliphatic rings. The molecule has 0 aromatic rings. The van der Waals surface area contributed by atoms with Crippen LogP contribution in [0, 0.1) is 0 Å². The molecule has 0 aromatic heterocycles. The van der Waals surface area contributed by atoms with Gasteiger partial charge in [0.1, 0.15) is 55.4 Å². The normalized spacial score (nSPS) is 29.8. The quantitative estimate of drug-likeness (QED) is 0.0361. The summed E-state index contributed by atoms with van der Waals surface area (Å²) in [7, 11) is 0. The highest BCUT2D eigenvalue weighted by atomic mass is 16.7. The highest BCUT2D eigenvalue weighted by Gasteiger charge is 2.47. The van der Waals surface area contributed by atoms with Gasteiger partial charge in [-0.3, -0.25) is 9.59 Å². The van der Waals surface area contributed by atoms with Crippen LogP contribution in [0.1, 0.15) is 110 Å². The summed E-state index contributed by atoms with van der Waals surface area (Å²) in [6.07, 6.45) is 6.46. The van der Waals surface area contributed by atoms with Crippen molar-refractivity contribution in [3.05, 3.63) is 24.3 Å². The molecule has 2 fully saturated rings. The maximum Gasteiger partial charge on any atom is 0.306 e. The molecule has 15 nitrogen and oxygen atoms in total. The predicted molar refractivity (Wildman–Crippen MR) is 192 cm³/mol. The summed E-state index contributed by atoms with van der Waals surface area (Å²) in [5.41, 5.74) is 0. The Morgan fingerprint density at radius 2 is 1.17 bits per heavy atom. The van der Waals surface area contributed by atoms with E-state index in [4.69, 9.17) is 28.4 Å². The van der Waals surface area contributed by atoms with Crippen molar-refractivity contribution in [2.45, 2.75) is 178 Å². The summed E-state index contributed by atoms with van der Waals surface area (Å²) in [4.78, 5) is 24.5. The fourth-order valence-corrected chi connectivity index (χ4v) is 5.87. The summed E-state index contributed by atoms with van der Waals surface area (Å²) < 4.78 is 32.6. The van der Waals surface area contributed by atoms with Crippen molar-refractivity contribution in [3.8, 4) is 0 Å². The van der Waals surface area contributed by atoms with E-state index in [9.17, 15) is 45.3 Å². The van der Waals surface area contributed by atoms with Crippen molar-refractivity contribution in [2.24, 2.45) is 0 Å². The van der Waals surface area contributed by atoms with E-state index in [1.807, 2.05) is 0 Å². The molecule has 53 heavy (non-hydrogen) atoms. The van der Waals surface area contributed by atoms with Crippen LogP contribution in [-0.2, 0) is 38.0 Å². The Labute approximate surface area is 313 Å². The first-order valence-electron chi connectivity index (χ1n) is 19.4. The number of carbonyl (C=O) groups excluding carboxylic acids is 2. The second kappa shape index (κ2) is 27.5. The smallest absolute Gasteiger partial charge is 0.306 e. The summed E-state index contributed by atoms with van der Waals surface area (Å²) >= 11 is 0. The van der Waals surface area contributed by atoms with Gasteiger partial charge in [0.2, 0.25) is 0 Å². The number of carbonyl (C=O) groups is 2. The average molecular weight is 763 g/mol. The monoisotopic (exact) mass is 762 g/mol. The second-order valence-corrected chi connectivity index (χ2v) is 13.7. The molecular formula is C38H66O15. The zero-order valence-corrected chi connectivity index (χ0v) is 31.5. The fourth-order valence-electron chi connectivity index (χ4n) is 5.87. The molecule has 11 atom stereocenters. The third kappa shape index (κ3) is 18.0. The van der Waals surface area contributed by atoms with Gasteiger partial charge in [0, 0.05) is 12.8 Å². The first-order chi connectivity index (χ1) is 25.5. The number of allylic oxidation sites excluding steroid dienone is 4. The first-order valence-corrected chi connectivity index (χ1v) is 19.4. The maximum absolute atomic E-state index is 12.7. The van der Waals surface area contributed by atoms with Gasteiger partial charge in [-0.1, -0.05) is 83.1 Å². The Morgan fingerprint density at radius 1 is 0.623 bits per heavy atom. The van der Waals surface area contributed by atoms with Crippen molar-refractivity contribution in [3.63, 3.8) is 0 Å². The number of unbranched alkanes of at least 4 members (excludes halogenated alkanes) is 10. The van der Waals surface area contributed by atoms with E-state index in [0.29, 0.717) is 6.42 Å². The Balaban J connectivity index is 1.73. The van der Waals surface area contributed by atoms with Gasteiger partial charge in [-0.15, -0.1) is 0 Å². The lowest BCUT2D eigenvalue weighted by molar-refractivity contribution is -0.332. The zero-order valence-electron chi connectivity index (χ0n) is 31.5. The van der Waals surface area contributed by atoms with E-state index in [2.05, 4.69) is 31.2 Å². The van der Waals surface area contributed by atoms with Crippen LogP contribution >= 0.6 is 0 Å². The molecule has 11 unspecified atom stereocenters. The third-order valence-corrected chi connectivity index (χ3v) is 9.24. The molecule has 7 N–H and O–H groups in total. The number of aliphatic hydroxyl groups is 7. The van der Waals surface area contributed by atoms with Crippen molar-refractivity contribution in [2.75, 3.05) is 26.4 Å². The number of aliphatic hydroxyl groups excluding tert-OH is 7. The van der Waals surface area contributed by atoms with E-state index in [-0.39, 0.29) is 19.4 Å². The van der Waals surface area contributed by atoms with E-state index < -0.39 is 99.3 Å². The minimum absolute atomic E-state index is 0.0970. The molecule has 308 valence electrons. The van der Waals surface area contributed by atoms with Crippen molar-refractivity contribution in [1.29, 1.82) is 0 Å². The lowest BCUT2D eigenvalue weighted by Crippen LogP contribution is -2.61. The van der Waals surface area contributed by atoms with Gasteiger partial charge in [0.25, 0.3) is 0 Å². The molecule has 2 rings (SSSR count). The van der Waals surface area contributed by atoms with E-state index in [1.54, 1.807) is 6.92 Å². The van der Waals surface area contributed by atoms with Gasteiger partial charge in [-0.25, -0.2) is 0 Å². The topological polar surface area (TPSA) is 231 Å². The predicted octanol–water partition coefficient (Wildman–Crippen LogP) is 2.09. The van der Waals surface area contributed by atoms with Gasteiger partial charge in [-0.2, -0.15) is 0 Å². The molecular weight excluding hydrogens is 696 g/mol. The molecule has 2 heterocycles. The maximum atomic E-state index is 12.7. The lowest BCUT2D eigenvalue weighted by atomic mass is 9.98. The summed E-state index contributed by atoms with van der Waals surface area (Å²) in [6, 6.07) is 0. The van der Waals surface area contributed by atoms with Crippen molar-refractivity contribution < 1.29 is 73.8 Å². The fraction of sp³-hybridized carbons (Fsp3) is 0.842. The number of rotatable bonds is 27. The van der Waals surface area contributed by atoms with Gasteiger partial charge in [0.15, 0.2) is 18.7 Å². The number of ether oxygens (including phenoxy) is 6. The van der Waals surface area contributed by atoms with Crippen LogP contribution in [0.5, 0.6) is 0 Å². The van der Waals surface area contributed by atoms with Gasteiger partial charge in [-0.05, 0) is 38.5 Å². The molecule has 0 spiro atoms. The average Bonchev–Trinajstić information content (AvgIpc) is 3.15. The molecule has 0 radical (unpaired) electrons. The Morgan fingerprint density at radius 3 is 1.77 bits per heavy atom. The van der Waals surface area contributed by atoms with E-state index in [1.165, 1.54) is 25.7 Å². The standard InChI is InChI=1S/C38H66O15/c1-3-5-6-7-8-9-10-11-12-13-14-15-16-17-18-19-20-21-30(41)51-26(23-48-29(40)4-2)24-49-37-36(47)34(45)32(43)28(53-37)25-50-38-35(46)33(44)31(42)27(22-39)52-38/h8-9,11-12,26-28,31-39,42-47H,3-7,10,13-25H2,1-2H3/b9-8-,12-11-. The summed E-state index contributed by atoms with van der Waals surface area (Å²) in [6.45, 7) is 1.90. The van der Waals surface area contributed by atoms with E-state index in [0.717, 1.165) is 51.4 Å². The van der Waals surface area contributed by atoms with Gasteiger partial charge in [0.05, 0.1) is 19.8 Å². The zero-order chi connectivity index (χ0) is 39.0. The molecule has 0 saturated carbocycles. The largest absolute Gasteiger partial charge is 0.462 e. The van der Waals surface area contributed by atoms with Crippen LogP contribution in [0.4, 0.5) is 0 Å². The summed E-state index contributed by atoms with van der Waals surface area (Å²) in [5.74, 6) is -1.04. The minimum atomic E-state index is -1.76. The van der Waals surface area contributed by atoms with Gasteiger partial charge < -0.3 is 64.2 Å². The molecule has 2 aliphatic heterocycles. The molecule has 0 aromatic carbocycles. The number of hydrogen-bond donors (Lipinski definition) is 7. The number of hydrogen-bond acceptors (Lipinski definition) is 15. The van der Waals surface area contributed by atoms with Crippen LogP contribution in [0.2, 0.25) is 0 Å². The SMILES string of the molecule is CCCCC/C=C\C/C=C\CCCCCCCCCC(=O)OC(COC(=O)CC)COC1OC(COC2OC(CO)C(O)C(O)C2O)C(O)C(O)C1O. The molecule has 0 amide bonds. The Bertz CT molecular complexity index is 1040.